The molecule has 0 amide bonds. The van der Waals surface area contributed by atoms with Crippen molar-refractivity contribution in [3.05, 3.63) is 83.2 Å². The molecule has 25 heavy (non-hydrogen) atoms. The van der Waals surface area contributed by atoms with Crippen LogP contribution in [0.4, 0.5) is 5.13 Å². The predicted molar refractivity (Wildman–Crippen MR) is 104 cm³/mol. The Kier molecular flexibility index (Phi) is 4.16. The number of aromatic nitrogens is 1. The summed E-state index contributed by atoms with van der Waals surface area (Å²) in [4.78, 5) is 4.65. The van der Waals surface area contributed by atoms with Crippen molar-refractivity contribution >= 4 is 27.2 Å². The van der Waals surface area contributed by atoms with Crippen LogP contribution in [0.25, 0.3) is 22.0 Å². The maximum atomic E-state index is 9.03. The summed E-state index contributed by atoms with van der Waals surface area (Å²) in [6, 6.07) is 24.4. The molecule has 4 aromatic rings. The molecule has 3 aromatic carbocycles. The van der Waals surface area contributed by atoms with Gasteiger partial charge in [-0.2, -0.15) is 5.26 Å². The van der Waals surface area contributed by atoms with Crippen LogP contribution in [0.15, 0.2) is 72.1 Å². The number of nitrogens with one attached hydrogen (secondary N) is 1. The van der Waals surface area contributed by atoms with Gasteiger partial charge >= 0.3 is 0 Å². The molecule has 0 radical (unpaired) electrons. The van der Waals surface area contributed by atoms with Crippen LogP contribution in [0.2, 0.25) is 0 Å². The fraction of sp³-hybridized carbons (Fsp3) is 0.0476. The van der Waals surface area contributed by atoms with Crippen molar-refractivity contribution in [2.45, 2.75) is 6.54 Å². The Balaban J connectivity index is 1.54. The fourth-order valence-electron chi connectivity index (χ4n) is 2.85. The number of nitriles is 1. The van der Waals surface area contributed by atoms with Gasteiger partial charge in [-0.1, -0.05) is 54.6 Å². The van der Waals surface area contributed by atoms with E-state index < -0.39 is 0 Å². The minimum absolute atomic E-state index is 0.649. The molecule has 0 aliphatic carbocycles. The first-order valence-electron chi connectivity index (χ1n) is 8.00. The summed E-state index contributed by atoms with van der Waals surface area (Å²) in [6.07, 6.45) is 0. The number of hydrogen-bond acceptors (Lipinski definition) is 4. The first-order valence-corrected chi connectivity index (χ1v) is 8.88. The van der Waals surface area contributed by atoms with Gasteiger partial charge in [0, 0.05) is 17.5 Å². The van der Waals surface area contributed by atoms with E-state index in [0.717, 1.165) is 22.9 Å². The van der Waals surface area contributed by atoms with Gasteiger partial charge in [0.25, 0.3) is 0 Å². The predicted octanol–water partition coefficient (Wildman–Crippen LogP) is 5.45. The molecular weight excluding hydrogens is 326 g/mol. The molecule has 4 heteroatoms. The van der Waals surface area contributed by atoms with Crippen LogP contribution in [-0.4, -0.2) is 4.98 Å². The Morgan fingerprint density at radius 2 is 1.84 bits per heavy atom. The molecule has 0 fully saturated rings. The summed E-state index contributed by atoms with van der Waals surface area (Å²) in [5.74, 6) is 0. The number of hydrogen-bond donors (Lipinski definition) is 1. The summed E-state index contributed by atoms with van der Waals surface area (Å²) in [6.45, 7) is 0.729. The summed E-state index contributed by atoms with van der Waals surface area (Å²) in [7, 11) is 0. The maximum absolute atomic E-state index is 9.03. The molecule has 1 aromatic heterocycles. The minimum atomic E-state index is 0.649. The monoisotopic (exact) mass is 341 g/mol. The molecule has 0 spiro atoms. The van der Waals surface area contributed by atoms with Gasteiger partial charge in [-0.05, 0) is 28.5 Å². The SMILES string of the molecule is N#Cc1cccc(-c2csc(NCc3cccc4ccccc34)n2)c1. The topological polar surface area (TPSA) is 48.7 Å². The Morgan fingerprint density at radius 1 is 1.00 bits per heavy atom. The largest absolute Gasteiger partial charge is 0.357 e. The third-order valence-corrected chi connectivity index (χ3v) is 4.90. The van der Waals surface area contributed by atoms with Crippen molar-refractivity contribution < 1.29 is 0 Å². The van der Waals surface area contributed by atoms with Crippen LogP contribution < -0.4 is 5.32 Å². The molecule has 1 heterocycles. The van der Waals surface area contributed by atoms with Gasteiger partial charge < -0.3 is 5.32 Å². The molecule has 0 unspecified atom stereocenters. The number of benzene rings is 3. The minimum Gasteiger partial charge on any atom is -0.357 e. The number of thiazole rings is 1. The lowest BCUT2D eigenvalue weighted by atomic mass is 10.0. The average molecular weight is 341 g/mol. The van der Waals surface area contributed by atoms with Crippen LogP contribution in [0.1, 0.15) is 11.1 Å². The molecule has 1 N–H and O–H groups in total. The lowest BCUT2D eigenvalue weighted by molar-refractivity contribution is 1.15. The summed E-state index contributed by atoms with van der Waals surface area (Å²) >= 11 is 1.58. The van der Waals surface area contributed by atoms with Gasteiger partial charge in [-0.15, -0.1) is 11.3 Å². The van der Waals surface area contributed by atoms with Crippen molar-refractivity contribution in [3.63, 3.8) is 0 Å². The molecule has 4 rings (SSSR count). The van der Waals surface area contributed by atoms with Gasteiger partial charge in [0.2, 0.25) is 0 Å². The number of anilines is 1. The third kappa shape index (κ3) is 3.23. The maximum Gasteiger partial charge on any atom is 0.183 e. The number of nitrogens with zero attached hydrogens (tertiary/aromatic N) is 2. The molecule has 0 aliphatic heterocycles. The van der Waals surface area contributed by atoms with E-state index in [0.29, 0.717) is 5.56 Å². The lowest BCUT2D eigenvalue weighted by Crippen LogP contribution is -1.99. The smallest absolute Gasteiger partial charge is 0.183 e. The van der Waals surface area contributed by atoms with Crippen molar-refractivity contribution in [1.82, 2.24) is 4.98 Å². The Labute approximate surface area is 150 Å². The van der Waals surface area contributed by atoms with Gasteiger partial charge in [-0.25, -0.2) is 4.98 Å². The van der Waals surface area contributed by atoms with Crippen LogP contribution >= 0.6 is 11.3 Å². The second-order valence-electron chi connectivity index (χ2n) is 5.72. The van der Waals surface area contributed by atoms with E-state index in [1.165, 1.54) is 16.3 Å². The highest BCUT2D eigenvalue weighted by molar-refractivity contribution is 7.14. The highest BCUT2D eigenvalue weighted by Gasteiger charge is 2.06. The van der Waals surface area contributed by atoms with Gasteiger partial charge in [-0.3, -0.25) is 0 Å². The Morgan fingerprint density at radius 3 is 2.76 bits per heavy atom. The zero-order valence-corrected chi connectivity index (χ0v) is 14.3. The van der Waals surface area contributed by atoms with Crippen LogP contribution in [0.5, 0.6) is 0 Å². The molecule has 3 nitrogen and oxygen atoms in total. The zero-order valence-electron chi connectivity index (χ0n) is 13.4. The van der Waals surface area contributed by atoms with E-state index in [4.69, 9.17) is 5.26 Å². The first kappa shape index (κ1) is 15.4. The normalized spacial score (nSPS) is 10.5. The average Bonchev–Trinajstić information content (AvgIpc) is 3.15. The van der Waals surface area contributed by atoms with Crippen LogP contribution in [0, 0.1) is 11.3 Å². The standard InChI is InChI=1S/C21H15N3S/c22-12-15-5-3-8-17(11-15)20-14-25-21(24-20)23-13-18-9-4-7-16-6-1-2-10-19(16)18/h1-11,14H,13H2,(H,23,24). The lowest BCUT2D eigenvalue weighted by Gasteiger charge is -2.07. The van der Waals surface area contributed by atoms with Gasteiger partial charge in [0.05, 0.1) is 17.3 Å². The van der Waals surface area contributed by atoms with E-state index in [9.17, 15) is 0 Å². The van der Waals surface area contributed by atoms with Crippen molar-refractivity contribution in [2.24, 2.45) is 0 Å². The number of rotatable bonds is 4. The van der Waals surface area contributed by atoms with Gasteiger partial charge in [0.15, 0.2) is 5.13 Å². The van der Waals surface area contributed by atoms with Gasteiger partial charge in [0.1, 0.15) is 0 Å². The Hall–Kier alpha value is -3.16. The summed E-state index contributed by atoms with van der Waals surface area (Å²) in [5, 5.41) is 17.8. The van der Waals surface area contributed by atoms with Crippen LogP contribution in [0.3, 0.4) is 0 Å². The van der Waals surface area contributed by atoms with E-state index in [2.05, 4.69) is 58.8 Å². The highest BCUT2D eigenvalue weighted by Crippen LogP contribution is 2.26. The highest BCUT2D eigenvalue weighted by atomic mass is 32.1. The van der Waals surface area contributed by atoms with Crippen molar-refractivity contribution in [3.8, 4) is 17.3 Å². The molecule has 0 saturated carbocycles. The number of fused-ring (bicyclic) bond motifs is 1. The molecule has 0 bridgehead atoms. The van der Waals surface area contributed by atoms with Crippen molar-refractivity contribution in [1.29, 1.82) is 5.26 Å². The third-order valence-electron chi connectivity index (χ3n) is 4.10. The van der Waals surface area contributed by atoms with E-state index in [1.54, 1.807) is 17.4 Å². The summed E-state index contributed by atoms with van der Waals surface area (Å²) in [5.41, 5.74) is 3.76. The Bertz CT molecular complexity index is 1070. The molecule has 0 atom stereocenters. The van der Waals surface area contributed by atoms with Crippen molar-refractivity contribution in [2.75, 3.05) is 5.32 Å². The van der Waals surface area contributed by atoms with E-state index in [1.807, 2.05) is 23.6 Å². The fourth-order valence-corrected chi connectivity index (χ4v) is 3.57. The second kappa shape index (κ2) is 6.76. The molecule has 0 aliphatic rings. The first-order chi connectivity index (χ1) is 12.3. The zero-order chi connectivity index (χ0) is 17.1. The van der Waals surface area contributed by atoms with E-state index in [-0.39, 0.29) is 0 Å². The molecule has 120 valence electrons. The van der Waals surface area contributed by atoms with E-state index >= 15 is 0 Å². The molecular formula is C21H15N3S. The second-order valence-corrected chi connectivity index (χ2v) is 6.58. The summed E-state index contributed by atoms with van der Waals surface area (Å²) < 4.78 is 0. The quantitative estimate of drug-likeness (QED) is 0.537. The van der Waals surface area contributed by atoms with Crippen LogP contribution in [-0.2, 0) is 6.54 Å². The molecule has 0 saturated heterocycles.